The smallest absolute Gasteiger partial charge is 0.269 e. The van der Waals surface area contributed by atoms with Crippen LogP contribution >= 0.6 is 0 Å². The van der Waals surface area contributed by atoms with Crippen LogP contribution in [0.1, 0.15) is 36.1 Å². The number of rotatable bonds is 3. The third kappa shape index (κ3) is 2.77. The summed E-state index contributed by atoms with van der Waals surface area (Å²) in [5.74, 6) is 0. The van der Waals surface area contributed by atoms with Crippen LogP contribution < -0.4 is 5.56 Å². The summed E-state index contributed by atoms with van der Waals surface area (Å²) in [7, 11) is 0. The van der Waals surface area contributed by atoms with Gasteiger partial charge in [-0.25, -0.2) is 0 Å². The van der Waals surface area contributed by atoms with Crippen LogP contribution in [-0.4, -0.2) is 4.57 Å². The SMILES string of the molecule is Cc1ccn(Cc2ccccc2C(C)(C)C#N)c(=O)c1C#N. The monoisotopic (exact) mass is 291 g/mol. The highest BCUT2D eigenvalue weighted by Gasteiger charge is 2.23. The van der Waals surface area contributed by atoms with E-state index in [2.05, 4.69) is 6.07 Å². The molecule has 0 saturated carbocycles. The fourth-order valence-corrected chi connectivity index (χ4v) is 2.44. The molecular weight excluding hydrogens is 274 g/mol. The van der Waals surface area contributed by atoms with E-state index in [9.17, 15) is 10.1 Å². The summed E-state index contributed by atoms with van der Waals surface area (Å²) in [6, 6.07) is 13.6. The molecule has 0 bridgehead atoms. The lowest BCUT2D eigenvalue weighted by molar-refractivity contribution is 0.658. The normalized spacial score (nSPS) is 10.8. The molecule has 1 aromatic heterocycles. The first-order chi connectivity index (χ1) is 10.4. The zero-order valence-electron chi connectivity index (χ0n) is 12.9. The van der Waals surface area contributed by atoms with Crippen molar-refractivity contribution in [3.05, 3.63) is 69.1 Å². The molecule has 110 valence electrons. The number of hydrogen-bond acceptors (Lipinski definition) is 3. The average Bonchev–Trinajstić information content (AvgIpc) is 2.51. The van der Waals surface area contributed by atoms with Gasteiger partial charge >= 0.3 is 0 Å². The van der Waals surface area contributed by atoms with Crippen molar-refractivity contribution < 1.29 is 0 Å². The lowest BCUT2D eigenvalue weighted by atomic mass is 9.83. The standard InChI is InChI=1S/C18H17N3O/c1-13-8-9-21(17(22)15(13)10-19)11-14-6-4-5-7-16(14)18(2,3)12-20/h4-9H,11H2,1-3H3. The third-order valence-electron chi connectivity index (χ3n) is 3.80. The Morgan fingerprint density at radius 3 is 2.50 bits per heavy atom. The van der Waals surface area contributed by atoms with Gasteiger partial charge < -0.3 is 4.57 Å². The van der Waals surface area contributed by atoms with Crippen LogP contribution in [0.5, 0.6) is 0 Å². The Morgan fingerprint density at radius 2 is 1.86 bits per heavy atom. The van der Waals surface area contributed by atoms with Crippen molar-refractivity contribution in [3.63, 3.8) is 0 Å². The van der Waals surface area contributed by atoms with Gasteiger partial charge in [-0.1, -0.05) is 24.3 Å². The van der Waals surface area contributed by atoms with Crippen molar-refractivity contribution in [1.29, 1.82) is 10.5 Å². The highest BCUT2D eigenvalue weighted by Crippen LogP contribution is 2.26. The number of nitrogens with zero attached hydrogens (tertiary/aromatic N) is 3. The molecule has 0 saturated heterocycles. The lowest BCUT2D eigenvalue weighted by Crippen LogP contribution is -2.25. The molecule has 0 aliphatic rings. The second kappa shape index (κ2) is 5.87. The molecule has 4 nitrogen and oxygen atoms in total. The summed E-state index contributed by atoms with van der Waals surface area (Å²) in [6.07, 6.45) is 1.69. The largest absolute Gasteiger partial charge is 0.310 e. The number of nitriles is 2. The van der Waals surface area contributed by atoms with Gasteiger partial charge in [-0.3, -0.25) is 4.79 Å². The van der Waals surface area contributed by atoms with Crippen LogP contribution in [0.4, 0.5) is 0 Å². The maximum atomic E-state index is 12.3. The average molecular weight is 291 g/mol. The van der Waals surface area contributed by atoms with Gasteiger partial charge in [0.2, 0.25) is 0 Å². The molecular formula is C18H17N3O. The second-order valence-electron chi connectivity index (χ2n) is 5.81. The van der Waals surface area contributed by atoms with Crippen LogP contribution in [0.25, 0.3) is 0 Å². The van der Waals surface area contributed by atoms with Crippen molar-refractivity contribution in [3.8, 4) is 12.1 Å². The lowest BCUT2D eigenvalue weighted by Gasteiger charge is -2.20. The van der Waals surface area contributed by atoms with E-state index in [1.54, 1.807) is 19.2 Å². The molecule has 1 aromatic carbocycles. The van der Waals surface area contributed by atoms with E-state index in [0.717, 1.165) is 11.1 Å². The highest BCUT2D eigenvalue weighted by molar-refractivity contribution is 5.39. The predicted octanol–water partition coefficient (Wildman–Crippen LogP) is 2.88. The van der Waals surface area contributed by atoms with E-state index in [1.165, 1.54) is 4.57 Å². The molecule has 0 radical (unpaired) electrons. The van der Waals surface area contributed by atoms with E-state index in [0.29, 0.717) is 12.1 Å². The van der Waals surface area contributed by atoms with Gasteiger partial charge in [-0.15, -0.1) is 0 Å². The minimum absolute atomic E-state index is 0.166. The van der Waals surface area contributed by atoms with Gasteiger partial charge in [-0.05, 0) is 43.5 Å². The maximum absolute atomic E-state index is 12.3. The van der Waals surface area contributed by atoms with E-state index >= 15 is 0 Å². The second-order valence-corrected chi connectivity index (χ2v) is 5.81. The van der Waals surface area contributed by atoms with Gasteiger partial charge in [0, 0.05) is 6.20 Å². The summed E-state index contributed by atoms with van der Waals surface area (Å²) in [5.41, 5.74) is 1.71. The number of aromatic nitrogens is 1. The van der Waals surface area contributed by atoms with Crippen LogP contribution in [0, 0.1) is 29.6 Å². The van der Waals surface area contributed by atoms with Crippen LogP contribution in [0.2, 0.25) is 0 Å². The molecule has 0 amide bonds. The first kappa shape index (κ1) is 15.5. The molecule has 1 heterocycles. The van der Waals surface area contributed by atoms with Gasteiger partial charge in [0.05, 0.1) is 18.0 Å². The molecule has 0 N–H and O–H groups in total. The molecule has 4 heteroatoms. The van der Waals surface area contributed by atoms with E-state index in [4.69, 9.17) is 5.26 Å². The zero-order chi connectivity index (χ0) is 16.3. The molecule has 0 fully saturated rings. The fourth-order valence-electron chi connectivity index (χ4n) is 2.44. The summed E-state index contributed by atoms with van der Waals surface area (Å²) in [6.45, 7) is 5.79. The number of benzene rings is 1. The Kier molecular flexibility index (Phi) is 4.15. The molecule has 2 aromatic rings. The van der Waals surface area contributed by atoms with Gasteiger partial charge in [0.15, 0.2) is 0 Å². The summed E-state index contributed by atoms with van der Waals surface area (Å²) in [5, 5.41) is 18.5. The molecule has 0 aliphatic heterocycles. The molecule has 0 unspecified atom stereocenters. The third-order valence-corrected chi connectivity index (χ3v) is 3.80. The van der Waals surface area contributed by atoms with E-state index in [1.807, 2.05) is 44.2 Å². The number of aryl methyl sites for hydroxylation is 1. The zero-order valence-corrected chi connectivity index (χ0v) is 12.9. The summed E-state index contributed by atoms with van der Waals surface area (Å²) in [4.78, 5) is 12.3. The topological polar surface area (TPSA) is 69.6 Å². The van der Waals surface area contributed by atoms with Crippen LogP contribution in [0.15, 0.2) is 41.3 Å². The maximum Gasteiger partial charge on any atom is 0.269 e. The van der Waals surface area contributed by atoms with Gasteiger partial charge in [-0.2, -0.15) is 10.5 Å². The Bertz CT molecular complexity index is 848. The number of hydrogen-bond donors (Lipinski definition) is 0. The highest BCUT2D eigenvalue weighted by atomic mass is 16.1. The van der Waals surface area contributed by atoms with Gasteiger partial charge in [0.1, 0.15) is 11.6 Å². The van der Waals surface area contributed by atoms with Crippen molar-refractivity contribution in [2.45, 2.75) is 32.7 Å². The molecule has 22 heavy (non-hydrogen) atoms. The Labute approximate surface area is 129 Å². The van der Waals surface area contributed by atoms with Crippen molar-refractivity contribution in [1.82, 2.24) is 4.57 Å². The molecule has 2 rings (SSSR count). The van der Waals surface area contributed by atoms with Crippen LogP contribution in [0.3, 0.4) is 0 Å². The fraction of sp³-hybridized carbons (Fsp3) is 0.278. The minimum atomic E-state index is -0.636. The Hall–Kier alpha value is -2.85. The molecule has 0 aliphatic carbocycles. The van der Waals surface area contributed by atoms with Crippen molar-refractivity contribution in [2.75, 3.05) is 0 Å². The molecule has 0 atom stereocenters. The predicted molar refractivity (Wildman–Crippen MR) is 84.3 cm³/mol. The van der Waals surface area contributed by atoms with Crippen molar-refractivity contribution in [2.24, 2.45) is 0 Å². The quantitative estimate of drug-likeness (QED) is 0.873. The van der Waals surface area contributed by atoms with E-state index < -0.39 is 5.41 Å². The van der Waals surface area contributed by atoms with Crippen LogP contribution in [-0.2, 0) is 12.0 Å². The van der Waals surface area contributed by atoms with Crippen molar-refractivity contribution >= 4 is 0 Å². The van der Waals surface area contributed by atoms with E-state index in [-0.39, 0.29) is 11.1 Å². The Balaban J connectivity index is 2.53. The number of pyridine rings is 1. The molecule has 0 spiro atoms. The summed E-state index contributed by atoms with van der Waals surface area (Å²) < 4.78 is 1.51. The minimum Gasteiger partial charge on any atom is -0.310 e. The Morgan fingerprint density at radius 1 is 1.18 bits per heavy atom. The first-order valence-electron chi connectivity index (χ1n) is 7.00. The first-order valence-corrected chi connectivity index (χ1v) is 7.00. The summed E-state index contributed by atoms with van der Waals surface area (Å²) >= 11 is 0. The van der Waals surface area contributed by atoms with Gasteiger partial charge in [0.25, 0.3) is 5.56 Å².